The summed E-state index contributed by atoms with van der Waals surface area (Å²) in [6.07, 6.45) is 2.48. The van der Waals surface area contributed by atoms with Crippen molar-refractivity contribution in [1.82, 2.24) is 10.2 Å². The molecule has 3 heteroatoms. The summed E-state index contributed by atoms with van der Waals surface area (Å²) < 4.78 is 5.68. The number of nitrogens with zero attached hydrogens (tertiary/aromatic N) is 1. The van der Waals surface area contributed by atoms with Crippen molar-refractivity contribution < 1.29 is 4.74 Å². The highest BCUT2D eigenvalue weighted by molar-refractivity contribution is 4.87. The summed E-state index contributed by atoms with van der Waals surface area (Å²) in [6, 6.07) is 0. The van der Waals surface area contributed by atoms with E-state index < -0.39 is 0 Å². The van der Waals surface area contributed by atoms with Gasteiger partial charge in [-0.15, -0.1) is 0 Å². The topological polar surface area (TPSA) is 24.5 Å². The zero-order chi connectivity index (χ0) is 12.7. The zero-order valence-corrected chi connectivity index (χ0v) is 12.1. The molecule has 1 atom stereocenters. The quantitative estimate of drug-likeness (QED) is 0.659. The Morgan fingerprint density at radius 3 is 2.76 bits per heavy atom. The lowest BCUT2D eigenvalue weighted by Gasteiger charge is -2.24. The van der Waals surface area contributed by atoms with Crippen molar-refractivity contribution in [2.45, 2.75) is 33.6 Å². The minimum absolute atomic E-state index is 0.465. The number of hydrogen-bond donors (Lipinski definition) is 1. The maximum absolute atomic E-state index is 5.68. The van der Waals surface area contributed by atoms with Gasteiger partial charge in [0.05, 0.1) is 6.61 Å². The Bertz CT molecular complexity index is 208. The molecule has 102 valence electrons. The molecule has 0 aromatic heterocycles. The Hall–Kier alpha value is -0.120. The summed E-state index contributed by atoms with van der Waals surface area (Å²) in [6.45, 7) is 13.3. The van der Waals surface area contributed by atoms with Crippen molar-refractivity contribution in [1.29, 1.82) is 0 Å². The normalized spacial score (nSPS) is 25.9. The number of hydrogen-bond acceptors (Lipinski definition) is 3. The van der Waals surface area contributed by atoms with E-state index in [9.17, 15) is 0 Å². The third-order valence-electron chi connectivity index (χ3n) is 3.63. The monoisotopic (exact) mass is 242 g/mol. The lowest BCUT2D eigenvalue weighted by Crippen LogP contribution is -2.34. The maximum Gasteiger partial charge on any atom is 0.0593 e. The van der Waals surface area contributed by atoms with Gasteiger partial charge in [0.1, 0.15) is 0 Å². The van der Waals surface area contributed by atoms with Crippen LogP contribution in [0.1, 0.15) is 33.6 Å². The van der Waals surface area contributed by atoms with Gasteiger partial charge in [0.2, 0.25) is 0 Å². The van der Waals surface area contributed by atoms with Crippen molar-refractivity contribution in [2.24, 2.45) is 11.3 Å². The van der Waals surface area contributed by atoms with Crippen molar-refractivity contribution in [3.05, 3.63) is 0 Å². The van der Waals surface area contributed by atoms with Gasteiger partial charge in [-0.1, -0.05) is 20.8 Å². The molecular formula is C14H30N2O. The molecule has 1 aliphatic heterocycles. The molecule has 1 heterocycles. The Balaban J connectivity index is 2.06. The van der Waals surface area contributed by atoms with Crippen LogP contribution in [-0.2, 0) is 4.74 Å². The summed E-state index contributed by atoms with van der Waals surface area (Å²) in [4.78, 5) is 2.53. The van der Waals surface area contributed by atoms with Gasteiger partial charge < -0.3 is 15.0 Å². The fourth-order valence-corrected chi connectivity index (χ4v) is 2.50. The summed E-state index contributed by atoms with van der Waals surface area (Å²) in [7, 11) is 2.04. The second kappa shape index (κ2) is 7.34. The Kier molecular flexibility index (Phi) is 6.45. The van der Waals surface area contributed by atoms with Gasteiger partial charge in [-0.05, 0) is 37.8 Å². The molecule has 1 unspecified atom stereocenters. The first-order valence-electron chi connectivity index (χ1n) is 7.00. The molecule has 1 N–H and O–H groups in total. The minimum atomic E-state index is 0.465. The zero-order valence-electron chi connectivity index (χ0n) is 12.1. The molecule has 1 fully saturated rings. The predicted molar refractivity (Wildman–Crippen MR) is 73.4 cm³/mol. The SMILES string of the molecule is CNCC1(C)CCN(CCOCCC(C)C)C1. The van der Waals surface area contributed by atoms with E-state index in [4.69, 9.17) is 4.74 Å². The average Bonchev–Trinajstić information content (AvgIpc) is 2.60. The van der Waals surface area contributed by atoms with E-state index in [1.54, 1.807) is 0 Å². The number of nitrogens with one attached hydrogen (secondary N) is 1. The lowest BCUT2D eigenvalue weighted by atomic mass is 9.90. The molecule has 0 bridgehead atoms. The Labute approximate surface area is 107 Å². The van der Waals surface area contributed by atoms with Gasteiger partial charge in [0.25, 0.3) is 0 Å². The largest absolute Gasteiger partial charge is 0.380 e. The van der Waals surface area contributed by atoms with Crippen LogP contribution >= 0.6 is 0 Å². The molecule has 0 saturated carbocycles. The highest BCUT2D eigenvalue weighted by Crippen LogP contribution is 2.28. The smallest absolute Gasteiger partial charge is 0.0593 e. The molecule has 0 aliphatic carbocycles. The van der Waals surface area contributed by atoms with Crippen LogP contribution in [-0.4, -0.2) is 51.3 Å². The fraction of sp³-hybridized carbons (Fsp3) is 1.00. The molecule has 0 spiro atoms. The van der Waals surface area contributed by atoms with Gasteiger partial charge in [0.15, 0.2) is 0 Å². The molecule has 3 nitrogen and oxygen atoms in total. The summed E-state index contributed by atoms with van der Waals surface area (Å²) >= 11 is 0. The number of ether oxygens (including phenoxy) is 1. The molecule has 1 aliphatic rings. The van der Waals surface area contributed by atoms with Gasteiger partial charge in [0, 0.05) is 26.2 Å². The van der Waals surface area contributed by atoms with Crippen LogP contribution in [0.3, 0.4) is 0 Å². The third-order valence-corrected chi connectivity index (χ3v) is 3.63. The number of rotatable bonds is 8. The molecule has 1 saturated heterocycles. The van der Waals surface area contributed by atoms with Gasteiger partial charge in [-0.2, -0.15) is 0 Å². The third kappa shape index (κ3) is 5.84. The van der Waals surface area contributed by atoms with Crippen LogP contribution < -0.4 is 5.32 Å². The highest BCUT2D eigenvalue weighted by Gasteiger charge is 2.32. The lowest BCUT2D eigenvalue weighted by molar-refractivity contribution is 0.0996. The van der Waals surface area contributed by atoms with Crippen molar-refractivity contribution in [3.63, 3.8) is 0 Å². The second-order valence-corrected chi connectivity index (χ2v) is 6.16. The van der Waals surface area contributed by atoms with E-state index in [1.165, 1.54) is 25.9 Å². The van der Waals surface area contributed by atoms with Gasteiger partial charge in [-0.3, -0.25) is 0 Å². The standard InChI is InChI=1S/C14H30N2O/c1-13(2)5-9-17-10-8-16-7-6-14(3,12-16)11-15-4/h13,15H,5-12H2,1-4H3. The van der Waals surface area contributed by atoms with Gasteiger partial charge in [-0.25, -0.2) is 0 Å². The molecule has 17 heavy (non-hydrogen) atoms. The van der Waals surface area contributed by atoms with E-state index in [2.05, 4.69) is 31.0 Å². The molecule has 0 aromatic carbocycles. The van der Waals surface area contributed by atoms with Crippen molar-refractivity contribution in [2.75, 3.05) is 46.4 Å². The Morgan fingerprint density at radius 2 is 2.12 bits per heavy atom. The van der Waals surface area contributed by atoms with E-state index in [1.807, 2.05) is 7.05 Å². The first-order chi connectivity index (χ1) is 8.06. The minimum Gasteiger partial charge on any atom is -0.380 e. The summed E-state index contributed by atoms with van der Waals surface area (Å²) in [5.41, 5.74) is 0.465. The second-order valence-electron chi connectivity index (χ2n) is 6.16. The molecular weight excluding hydrogens is 212 g/mol. The van der Waals surface area contributed by atoms with Crippen LogP contribution in [0.25, 0.3) is 0 Å². The molecule has 0 radical (unpaired) electrons. The molecule has 0 aromatic rings. The van der Waals surface area contributed by atoms with E-state index in [-0.39, 0.29) is 0 Å². The van der Waals surface area contributed by atoms with Crippen LogP contribution in [0.2, 0.25) is 0 Å². The summed E-state index contributed by atoms with van der Waals surface area (Å²) in [5.74, 6) is 0.751. The molecule has 1 rings (SSSR count). The van der Waals surface area contributed by atoms with Crippen molar-refractivity contribution in [3.8, 4) is 0 Å². The van der Waals surface area contributed by atoms with Crippen LogP contribution in [0.4, 0.5) is 0 Å². The highest BCUT2D eigenvalue weighted by atomic mass is 16.5. The molecule has 0 amide bonds. The van der Waals surface area contributed by atoms with Crippen molar-refractivity contribution >= 4 is 0 Å². The van der Waals surface area contributed by atoms with E-state index >= 15 is 0 Å². The van der Waals surface area contributed by atoms with E-state index in [0.717, 1.165) is 32.2 Å². The Morgan fingerprint density at radius 1 is 1.35 bits per heavy atom. The predicted octanol–water partition coefficient (Wildman–Crippen LogP) is 1.98. The summed E-state index contributed by atoms with van der Waals surface area (Å²) in [5, 5.41) is 3.30. The fourth-order valence-electron chi connectivity index (χ4n) is 2.50. The maximum atomic E-state index is 5.68. The average molecular weight is 242 g/mol. The van der Waals surface area contributed by atoms with E-state index in [0.29, 0.717) is 5.41 Å². The first kappa shape index (κ1) is 14.9. The first-order valence-corrected chi connectivity index (χ1v) is 7.00. The van der Waals surface area contributed by atoms with Crippen LogP contribution in [0.15, 0.2) is 0 Å². The van der Waals surface area contributed by atoms with Crippen LogP contribution in [0, 0.1) is 11.3 Å². The van der Waals surface area contributed by atoms with Crippen LogP contribution in [0.5, 0.6) is 0 Å². The van der Waals surface area contributed by atoms with Gasteiger partial charge >= 0.3 is 0 Å². The number of likely N-dealkylation sites (tertiary alicyclic amines) is 1.